The lowest BCUT2D eigenvalue weighted by molar-refractivity contribution is 0.0946. The summed E-state index contributed by atoms with van der Waals surface area (Å²) in [6, 6.07) is 15.4. The van der Waals surface area contributed by atoms with Crippen LogP contribution in [-0.2, 0) is 6.54 Å². The topological polar surface area (TPSA) is 44.9 Å². The van der Waals surface area contributed by atoms with Gasteiger partial charge in [0.25, 0.3) is 5.91 Å². The van der Waals surface area contributed by atoms with Crippen molar-refractivity contribution in [1.82, 2.24) is 10.3 Å². The van der Waals surface area contributed by atoms with E-state index in [1.54, 1.807) is 0 Å². The van der Waals surface area contributed by atoms with Crippen LogP contribution >= 0.6 is 11.6 Å². The van der Waals surface area contributed by atoms with Gasteiger partial charge >= 0.3 is 0 Å². The molecule has 0 atom stereocenters. The number of aryl methyl sites for hydroxylation is 1. The second kappa shape index (κ2) is 5.62. The molecule has 2 N–H and O–H groups in total. The Bertz CT molecular complexity index is 807. The van der Waals surface area contributed by atoms with Crippen LogP contribution in [0.1, 0.15) is 21.6 Å². The van der Waals surface area contributed by atoms with Gasteiger partial charge in [-0.3, -0.25) is 4.79 Å². The monoisotopic (exact) mass is 298 g/mol. The number of H-pyrrole nitrogens is 1. The molecule has 0 aliphatic heterocycles. The number of halogens is 1. The largest absolute Gasteiger partial charge is 0.350 e. The molecule has 0 radical (unpaired) electrons. The van der Waals surface area contributed by atoms with E-state index >= 15 is 0 Å². The molecule has 0 aliphatic carbocycles. The number of hydrogen-bond donors (Lipinski definition) is 2. The molecule has 1 heterocycles. The molecule has 0 fully saturated rings. The normalized spacial score (nSPS) is 10.8. The first-order valence-electron chi connectivity index (χ1n) is 6.74. The van der Waals surface area contributed by atoms with E-state index in [1.807, 2.05) is 49.4 Å². The van der Waals surface area contributed by atoms with Crippen molar-refractivity contribution in [3.05, 3.63) is 70.4 Å². The minimum atomic E-state index is -0.121. The molecule has 0 saturated carbocycles. The van der Waals surface area contributed by atoms with Crippen molar-refractivity contribution in [2.45, 2.75) is 13.5 Å². The molecule has 0 aliphatic rings. The van der Waals surface area contributed by atoms with Gasteiger partial charge in [0.05, 0.1) is 0 Å². The maximum absolute atomic E-state index is 12.2. The zero-order valence-electron chi connectivity index (χ0n) is 11.6. The lowest BCUT2D eigenvalue weighted by Gasteiger charge is -2.04. The molecule has 0 unspecified atom stereocenters. The van der Waals surface area contributed by atoms with E-state index < -0.39 is 0 Å². The Morgan fingerprint density at radius 3 is 2.86 bits per heavy atom. The quantitative estimate of drug-likeness (QED) is 0.752. The summed E-state index contributed by atoms with van der Waals surface area (Å²) in [5, 5.41) is 4.54. The summed E-state index contributed by atoms with van der Waals surface area (Å²) in [6.07, 6.45) is 0. The van der Waals surface area contributed by atoms with Crippen molar-refractivity contribution in [1.29, 1.82) is 0 Å². The van der Waals surface area contributed by atoms with Crippen LogP contribution in [0.4, 0.5) is 0 Å². The van der Waals surface area contributed by atoms with Crippen LogP contribution in [0.5, 0.6) is 0 Å². The predicted molar refractivity (Wildman–Crippen MR) is 85.7 cm³/mol. The van der Waals surface area contributed by atoms with Crippen molar-refractivity contribution < 1.29 is 4.79 Å². The first-order chi connectivity index (χ1) is 10.1. The van der Waals surface area contributed by atoms with Crippen molar-refractivity contribution in [3.63, 3.8) is 0 Å². The Kier molecular flexibility index (Phi) is 3.67. The number of fused-ring (bicyclic) bond motifs is 1. The Morgan fingerprint density at radius 2 is 2.05 bits per heavy atom. The van der Waals surface area contributed by atoms with Gasteiger partial charge in [0, 0.05) is 22.5 Å². The Hall–Kier alpha value is -2.26. The number of rotatable bonds is 3. The third kappa shape index (κ3) is 3.09. The van der Waals surface area contributed by atoms with Crippen molar-refractivity contribution >= 4 is 28.4 Å². The van der Waals surface area contributed by atoms with Gasteiger partial charge in [-0.05, 0) is 30.7 Å². The van der Waals surface area contributed by atoms with Gasteiger partial charge in [-0.1, -0.05) is 47.5 Å². The number of aromatic amines is 1. The highest BCUT2D eigenvalue weighted by atomic mass is 35.5. The summed E-state index contributed by atoms with van der Waals surface area (Å²) >= 11 is 5.94. The second-order valence-corrected chi connectivity index (χ2v) is 5.52. The van der Waals surface area contributed by atoms with E-state index in [-0.39, 0.29) is 5.91 Å². The molecule has 3 rings (SSSR count). The zero-order valence-corrected chi connectivity index (χ0v) is 12.4. The number of carbonyl (C=O) groups is 1. The molecule has 21 heavy (non-hydrogen) atoms. The number of hydrogen-bond acceptors (Lipinski definition) is 1. The van der Waals surface area contributed by atoms with Crippen molar-refractivity contribution in [2.75, 3.05) is 0 Å². The summed E-state index contributed by atoms with van der Waals surface area (Å²) in [6.45, 7) is 2.55. The minimum Gasteiger partial charge on any atom is -0.350 e. The lowest BCUT2D eigenvalue weighted by atomic mass is 10.1. The molecular weight excluding hydrogens is 284 g/mol. The number of aromatic nitrogens is 1. The average Bonchev–Trinajstić information content (AvgIpc) is 2.88. The minimum absolute atomic E-state index is 0.121. The summed E-state index contributed by atoms with van der Waals surface area (Å²) in [5.74, 6) is -0.121. The number of carbonyl (C=O) groups excluding carboxylic acids is 1. The van der Waals surface area contributed by atoms with E-state index in [1.165, 1.54) is 5.56 Å². The SMILES string of the molecule is Cc1cccc(CNC(=O)c2cc3ccc(Cl)cc3[nH]2)c1. The maximum atomic E-state index is 12.2. The van der Waals surface area contributed by atoms with Crippen LogP contribution in [-0.4, -0.2) is 10.9 Å². The van der Waals surface area contributed by atoms with E-state index in [2.05, 4.69) is 16.4 Å². The fourth-order valence-electron chi connectivity index (χ4n) is 2.32. The summed E-state index contributed by atoms with van der Waals surface area (Å²) in [4.78, 5) is 15.3. The van der Waals surface area contributed by atoms with E-state index in [0.29, 0.717) is 17.3 Å². The molecular formula is C17H15ClN2O. The van der Waals surface area contributed by atoms with Crippen LogP contribution in [0.25, 0.3) is 10.9 Å². The molecule has 4 heteroatoms. The first-order valence-corrected chi connectivity index (χ1v) is 7.11. The fraction of sp³-hybridized carbons (Fsp3) is 0.118. The van der Waals surface area contributed by atoms with E-state index in [9.17, 15) is 4.79 Å². The number of amides is 1. The third-order valence-electron chi connectivity index (χ3n) is 3.36. The molecule has 2 aromatic carbocycles. The van der Waals surface area contributed by atoms with Crippen LogP contribution in [0, 0.1) is 6.92 Å². The summed E-state index contributed by atoms with van der Waals surface area (Å²) in [5.41, 5.74) is 3.67. The van der Waals surface area contributed by atoms with Gasteiger partial charge in [-0.15, -0.1) is 0 Å². The Labute approximate surface area is 127 Å². The van der Waals surface area contributed by atoms with Crippen LogP contribution in [0.2, 0.25) is 5.02 Å². The highest BCUT2D eigenvalue weighted by Crippen LogP contribution is 2.19. The van der Waals surface area contributed by atoms with Gasteiger partial charge in [-0.25, -0.2) is 0 Å². The van der Waals surface area contributed by atoms with Crippen LogP contribution in [0.15, 0.2) is 48.5 Å². The Balaban J connectivity index is 1.74. The van der Waals surface area contributed by atoms with Gasteiger partial charge < -0.3 is 10.3 Å². The predicted octanol–water partition coefficient (Wildman–Crippen LogP) is 4.06. The second-order valence-electron chi connectivity index (χ2n) is 5.09. The molecule has 0 spiro atoms. The molecule has 0 bridgehead atoms. The number of benzene rings is 2. The third-order valence-corrected chi connectivity index (χ3v) is 3.60. The van der Waals surface area contributed by atoms with Gasteiger partial charge in [0.15, 0.2) is 0 Å². The molecule has 0 saturated heterocycles. The standard InChI is InChI=1S/C17H15ClN2O/c1-11-3-2-4-12(7-11)10-19-17(21)16-8-13-5-6-14(18)9-15(13)20-16/h2-9,20H,10H2,1H3,(H,19,21). The number of nitrogens with one attached hydrogen (secondary N) is 2. The summed E-state index contributed by atoms with van der Waals surface area (Å²) in [7, 11) is 0. The molecule has 1 amide bonds. The fourth-order valence-corrected chi connectivity index (χ4v) is 2.49. The van der Waals surface area contributed by atoms with Crippen molar-refractivity contribution in [3.8, 4) is 0 Å². The van der Waals surface area contributed by atoms with Crippen LogP contribution in [0.3, 0.4) is 0 Å². The maximum Gasteiger partial charge on any atom is 0.267 e. The van der Waals surface area contributed by atoms with Crippen LogP contribution < -0.4 is 5.32 Å². The average molecular weight is 299 g/mol. The smallest absolute Gasteiger partial charge is 0.267 e. The summed E-state index contributed by atoms with van der Waals surface area (Å²) < 4.78 is 0. The van der Waals surface area contributed by atoms with E-state index in [0.717, 1.165) is 16.5 Å². The zero-order chi connectivity index (χ0) is 14.8. The van der Waals surface area contributed by atoms with Gasteiger partial charge in [0.1, 0.15) is 5.69 Å². The Morgan fingerprint density at radius 1 is 1.19 bits per heavy atom. The highest BCUT2D eigenvalue weighted by Gasteiger charge is 2.09. The molecule has 3 nitrogen and oxygen atoms in total. The van der Waals surface area contributed by atoms with Crippen molar-refractivity contribution in [2.24, 2.45) is 0 Å². The first kappa shape index (κ1) is 13.7. The molecule has 3 aromatic rings. The lowest BCUT2D eigenvalue weighted by Crippen LogP contribution is -2.23. The highest BCUT2D eigenvalue weighted by molar-refractivity contribution is 6.31. The molecule has 106 valence electrons. The van der Waals surface area contributed by atoms with Gasteiger partial charge in [0.2, 0.25) is 0 Å². The molecule has 1 aromatic heterocycles. The van der Waals surface area contributed by atoms with Gasteiger partial charge in [-0.2, -0.15) is 0 Å². The van der Waals surface area contributed by atoms with E-state index in [4.69, 9.17) is 11.6 Å².